The van der Waals surface area contributed by atoms with Crippen molar-refractivity contribution in [3.8, 4) is 5.88 Å². The van der Waals surface area contributed by atoms with Gasteiger partial charge in [-0.05, 0) is 18.2 Å². The van der Waals surface area contributed by atoms with Crippen molar-refractivity contribution >= 4 is 30.0 Å². The van der Waals surface area contributed by atoms with Crippen molar-refractivity contribution in [2.75, 3.05) is 5.32 Å². The number of hydrogen-bond donors (Lipinski definition) is 1. The Bertz CT molecular complexity index is 850. The molecule has 23 heavy (non-hydrogen) atoms. The fraction of sp³-hybridized carbons (Fsp3) is 0.0625. The Balaban J connectivity index is 2.09. The third-order valence-corrected chi connectivity index (χ3v) is 3.51. The number of aryl methyl sites for hydroxylation is 1. The molecule has 0 saturated heterocycles. The molecule has 0 bridgehead atoms. The van der Waals surface area contributed by atoms with Gasteiger partial charge in [0.1, 0.15) is 5.56 Å². The summed E-state index contributed by atoms with van der Waals surface area (Å²) < 4.78 is 31.5. The third-order valence-electron chi connectivity index (χ3n) is 3.51. The van der Waals surface area contributed by atoms with Crippen LogP contribution in [0.1, 0.15) is 10.4 Å². The van der Waals surface area contributed by atoms with Gasteiger partial charge in [-0.3, -0.25) is 4.79 Å². The standard InChI is InChI=1S/C16H13BF2N2O2/c1-21-13-10-6-5-9-12(13)14(16(21)23-17(18)19)15(22)20-11-7-3-2-4-8-11/h2-10H,1H3,(H,20,22). The molecule has 0 saturated carbocycles. The summed E-state index contributed by atoms with van der Waals surface area (Å²) in [5, 5.41) is 3.25. The maximum absolute atomic E-state index is 12.7. The average Bonchev–Trinajstić information content (AvgIpc) is 2.81. The third kappa shape index (κ3) is 2.90. The van der Waals surface area contributed by atoms with Crippen LogP contribution >= 0.6 is 0 Å². The zero-order valence-corrected chi connectivity index (χ0v) is 12.3. The molecule has 0 atom stereocenters. The molecule has 1 amide bonds. The molecule has 4 nitrogen and oxygen atoms in total. The Labute approximate surface area is 131 Å². The number of aromatic nitrogens is 1. The molecule has 0 spiro atoms. The molecule has 0 aliphatic rings. The van der Waals surface area contributed by atoms with Crippen LogP contribution in [0.4, 0.5) is 14.3 Å². The first-order valence-electron chi connectivity index (χ1n) is 6.96. The summed E-state index contributed by atoms with van der Waals surface area (Å²) in [6.07, 6.45) is 0. The summed E-state index contributed by atoms with van der Waals surface area (Å²) >= 11 is 0. The lowest BCUT2D eigenvalue weighted by Crippen LogP contribution is -2.17. The van der Waals surface area contributed by atoms with Crippen molar-refractivity contribution in [3.63, 3.8) is 0 Å². The first-order chi connectivity index (χ1) is 11.1. The lowest BCUT2D eigenvalue weighted by Gasteiger charge is -2.09. The highest BCUT2D eigenvalue weighted by Gasteiger charge is 2.28. The highest BCUT2D eigenvalue weighted by Crippen LogP contribution is 2.32. The van der Waals surface area contributed by atoms with Gasteiger partial charge in [-0.1, -0.05) is 36.4 Å². The van der Waals surface area contributed by atoms with E-state index in [2.05, 4.69) is 9.97 Å². The van der Waals surface area contributed by atoms with Crippen LogP contribution in [0.3, 0.4) is 0 Å². The Morgan fingerprint density at radius 3 is 2.43 bits per heavy atom. The fourth-order valence-electron chi connectivity index (χ4n) is 2.53. The molecule has 116 valence electrons. The van der Waals surface area contributed by atoms with Gasteiger partial charge in [0, 0.05) is 18.1 Å². The molecule has 1 heterocycles. The molecule has 0 radical (unpaired) electrons. The van der Waals surface area contributed by atoms with Crippen molar-refractivity contribution in [2.24, 2.45) is 7.05 Å². The summed E-state index contributed by atoms with van der Waals surface area (Å²) in [4.78, 5) is 12.6. The van der Waals surface area contributed by atoms with E-state index in [4.69, 9.17) is 0 Å². The van der Waals surface area contributed by atoms with Gasteiger partial charge in [0.25, 0.3) is 5.91 Å². The number of para-hydroxylation sites is 2. The summed E-state index contributed by atoms with van der Waals surface area (Å²) in [5.41, 5.74) is 1.31. The normalized spacial score (nSPS) is 10.6. The second-order valence-electron chi connectivity index (χ2n) is 4.95. The van der Waals surface area contributed by atoms with Gasteiger partial charge in [0.15, 0.2) is 5.88 Å². The van der Waals surface area contributed by atoms with Gasteiger partial charge in [-0.25, -0.2) is 8.63 Å². The van der Waals surface area contributed by atoms with Crippen LogP contribution in [-0.4, -0.2) is 17.9 Å². The number of rotatable bonds is 4. The van der Waals surface area contributed by atoms with Crippen LogP contribution in [0.25, 0.3) is 10.9 Å². The van der Waals surface area contributed by atoms with Gasteiger partial charge in [0.05, 0.1) is 5.52 Å². The minimum atomic E-state index is -3.01. The highest BCUT2D eigenvalue weighted by atomic mass is 19.2. The second-order valence-corrected chi connectivity index (χ2v) is 4.95. The molecule has 3 aromatic rings. The van der Waals surface area contributed by atoms with Crippen molar-refractivity contribution in [3.05, 3.63) is 60.2 Å². The smallest absolute Gasteiger partial charge is 0.491 e. The van der Waals surface area contributed by atoms with Crippen molar-refractivity contribution in [1.82, 2.24) is 4.57 Å². The summed E-state index contributed by atoms with van der Waals surface area (Å²) in [6, 6.07) is 15.8. The molecule has 1 aromatic heterocycles. The monoisotopic (exact) mass is 314 g/mol. The predicted molar refractivity (Wildman–Crippen MR) is 85.9 cm³/mol. The summed E-state index contributed by atoms with van der Waals surface area (Å²) in [7, 11) is -1.43. The van der Waals surface area contributed by atoms with Gasteiger partial charge in [-0.2, -0.15) is 0 Å². The zero-order chi connectivity index (χ0) is 16.4. The number of amides is 1. The number of carbonyl (C=O) groups is 1. The van der Waals surface area contributed by atoms with Crippen LogP contribution in [0.2, 0.25) is 0 Å². The van der Waals surface area contributed by atoms with E-state index in [-0.39, 0.29) is 11.4 Å². The average molecular weight is 314 g/mol. The number of nitrogens with one attached hydrogen (secondary N) is 1. The first kappa shape index (κ1) is 15.1. The highest BCUT2D eigenvalue weighted by molar-refractivity contribution is 6.36. The Morgan fingerprint density at radius 1 is 1.09 bits per heavy atom. The van der Waals surface area contributed by atoms with E-state index in [1.165, 1.54) is 4.57 Å². The maximum Gasteiger partial charge on any atom is 0.797 e. The molecule has 0 aliphatic carbocycles. The Kier molecular flexibility index (Phi) is 4.01. The van der Waals surface area contributed by atoms with E-state index < -0.39 is 13.4 Å². The van der Waals surface area contributed by atoms with Gasteiger partial charge >= 0.3 is 7.47 Å². The SMILES string of the molecule is Cn1c(OB(F)F)c(C(=O)Nc2ccccc2)c2ccccc21. The van der Waals surface area contributed by atoms with Crippen LogP contribution in [0.5, 0.6) is 5.88 Å². The maximum atomic E-state index is 12.7. The molecule has 7 heteroatoms. The molecule has 0 unspecified atom stereocenters. The van der Waals surface area contributed by atoms with E-state index >= 15 is 0 Å². The first-order valence-corrected chi connectivity index (χ1v) is 6.96. The molecule has 0 aliphatic heterocycles. The quantitative estimate of drug-likeness (QED) is 0.746. The van der Waals surface area contributed by atoms with Gasteiger partial charge in [0.2, 0.25) is 0 Å². The van der Waals surface area contributed by atoms with E-state index in [0.29, 0.717) is 16.6 Å². The van der Waals surface area contributed by atoms with Crippen molar-refractivity contribution < 1.29 is 18.1 Å². The lowest BCUT2D eigenvalue weighted by atomic mass is 10.1. The fourth-order valence-corrected chi connectivity index (χ4v) is 2.53. The largest absolute Gasteiger partial charge is 0.797 e. The van der Waals surface area contributed by atoms with Crippen molar-refractivity contribution in [1.29, 1.82) is 0 Å². The van der Waals surface area contributed by atoms with Crippen LogP contribution in [-0.2, 0) is 7.05 Å². The summed E-state index contributed by atoms with van der Waals surface area (Å²) in [5.74, 6) is -0.654. The van der Waals surface area contributed by atoms with E-state index in [1.54, 1.807) is 55.6 Å². The van der Waals surface area contributed by atoms with Gasteiger partial charge < -0.3 is 14.5 Å². The predicted octanol–water partition coefficient (Wildman–Crippen LogP) is 3.73. The van der Waals surface area contributed by atoms with E-state index in [9.17, 15) is 13.4 Å². The molecular weight excluding hydrogens is 301 g/mol. The molecule has 1 N–H and O–H groups in total. The minimum Gasteiger partial charge on any atom is -0.491 e. The molecular formula is C16H13BF2N2O2. The second kappa shape index (κ2) is 6.12. The number of hydrogen-bond acceptors (Lipinski definition) is 2. The van der Waals surface area contributed by atoms with Crippen LogP contribution in [0, 0.1) is 0 Å². The zero-order valence-electron chi connectivity index (χ0n) is 12.3. The number of carbonyl (C=O) groups excluding carboxylic acids is 1. The Hall–Kier alpha value is -2.83. The molecule has 2 aromatic carbocycles. The van der Waals surface area contributed by atoms with Crippen molar-refractivity contribution in [2.45, 2.75) is 0 Å². The lowest BCUT2D eigenvalue weighted by molar-refractivity contribution is 0.102. The van der Waals surface area contributed by atoms with Gasteiger partial charge in [-0.15, -0.1) is 0 Å². The number of halogens is 2. The molecule has 3 rings (SSSR count). The Morgan fingerprint density at radius 2 is 1.74 bits per heavy atom. The van der Waals surface area contributed by atoms with Crippen LogP contribution in [0.15, 0.2) is 54.6 Å². The number of fused-ring (bicyclic) bond motifs is 1. The summed E-state index contributed by atoms with van der Waals surface area (Å²) in [6.45, 7) is 0. The van der Waals surface area contributed by atoms with Crippen LogP contribution < -0.4 is 9.97 Å². The molecule has 0 fully saturated rings. The van der Waals surface area contributed by atoms with E-state index in [0.717, 1.165) is 0 Å². The minimum absolute atomic E-state index is 0.0900. The van der Waals surface area contributed by atoms with E-state index in [1.807, 2.05) is 6.07 Å². The number of anilines is 1. The number of benzene rings is 2. The number of nitrogens with zero attached hydrogens (tertiary/aromatic N) is 1. The topological polar surface area (TPSA) is 43.3 Å².